The lowest BCUT2D eigenvalue weighted by Gasteiger charge is -2.14. The number of benzene rings is 3. The summed E-state index contributed by atoms with van der Waals surface area (Å²) in [6, 6.07) is 25.1. The quantitative estimate of drug-likeness (QED) is 0.327. The summed E-state index contributed by atoms with van der Waals surface area (Å²) in [7, 11) is 0. The van der Waals surface area contributed by atoms with Gasteiger partial charge in [-0.15, -0.1) is 0 Å². The van der Waals surface area contributed by atoms with Crippen LogP contribution < -0.4 is 10.9 Å². The molecule has 4 aromatic rings. The van der Waals surface area contributed by atoms with E-state index in [4.69, 9.17) is 4.98 Å². The van der Waals surface area contributed by atoms with Crippen molar-refractivity contribution in [1.29, 1.82) is 0 Å². The van der Waals surface area contributed by atoms with Crippen LogP contribution in [0.1, 0.15) is 35.3 Å². The second kappa shape index (κ2) is 9.83. The Hall–Kier alpha value is -3.38. The van der Waals surface area contributed by atoms with Crippen LogP contribution in [0.5, 0.6) is 0 Å². The molecule has 5 nitrogen and oxygen atoms in total. The predicted molar refractivity (Wildman–Crippen MR) is 130 cm³/mol. The third-order valence-corrected chi connectivity index (χ3v) is 6.04. The summed E-state index contributed by atoms with van der Waals surface area (Å²) in [6.07, 6.45) is 0. The molecular weight excluding hydrogens is 418 g/mol. The third kappa shape index (κ3) is 5.08. The maximum Gasteiger partial charge on any atom is 0.262 e. The normalized spacial score (nSPS) is 11.1. The lowest BCUT2D eigenvalue weighted by atomic mass is 10.1. The Kier molecular flexibility index (Phi) is 6.71. The standard InChI is InChI=1S/C26H25N3O2S/c1-18(2)27-24(30)21-13-14-22-23(15-21)28-26(32-17-20-11-7-4-8-12-20)29(25(22)31)16-19-9-5-3-6-10-19/h3-15,18H,16-17H2,1-2H3,(H,27,30). The zero-order valence-corrected chi connectivity index (χ0v) is 18.9. The van der Waals surface area contributed by atoms with E-state index in [9.17, 15) is 9.59 Å². The number of nitrogens with one attached hydrogen (secondary N) is 1. The topological polar surface area (TPSA) is 64.0 Å². The van der Waals surface area contributed by atoms with Gasteiger partial charge in [-0.2, -0.15) is 0 Å². The molecular formula is C26H25N3O2S. The van der Waals surface area contributed by atoms with E-state index >= 15 is 0 Å². The van der Waals surface area contributed by atoms with Crippen molar-refractivity contribution in [1.82, 2.24) is 14.9 Å². The van der Waals surface area contributed by atoms with Crippen LogP contribution >= 0.6 is 11.8 Å². The van der Waals surface area contributed by atoms with Crippen molar-refractivity contribution in [2.45, 2.75) is 37.3 Å². The van der Waals surface area contributed by atoms with Crippen LogP contribution in [-0.4, -0.2) is 21.5 Å². The van der Waals surface area contributed by atoms with Crippen LogP contribution in [0.2, 0.25) is 0 Å². The SMILES string of the molecule is CC(C)NC(=O)c1ccc2c(=O)n(Cc3ccccc3)c(SCc3ccccc3)nc2c1. The van der Waals surface area contributed by atoms with Gasteiger partial charge in [0.25, 0.3) is 11.5 Å². The van der Waals surface area contributed by atoms with E-state index in [0.29, 0.717) is 33.9 Å². The lowest BCUT2D eigenvalue weighted by molar-refractivity contribution is 0.0943. The summed E-state index contributed by atoms with van der Waals surface area (Å²) in [6.45, 7) is 4.27. The fourth-order valence-electron chi connectivity index (χ4n) is 3.43. The molecule has 3 aromatic carbocycles. The maximum absolute atomic E-state index is 13.4. The molecule has 162 valence electrons. The Bertz CT molecular complexity index is 1290. The van der Waals surface area contributed by atoms with Gasteiger partial charge < -0.3 is 5.32 Å². The Labute approximate surface area is 191 Å². The Morgan fingerprint density at radius 1 is 0.969 bits per heavy atom. The second-order valence-electron chi connectivity index (χ2n) is 7.91. The molecule has 0 spiro atoms. The highest BCUT2D eigenvalue weighted by molar-refractivity contribution is 7.98. The van der Waals surface area contributed by atoms with Crippen molar-refractivity contribution in [2.75, 3.05) is 0 Å². The van der Waals surface area contributed by atoms with Crippen LogP contribution in [0.3, 0.4) is 0 Å². The van der Waals surface area contributed by atoms with Crippen LogP contribution in [0.4, 0.5) is 0 Å². The fourth-order valence-corrected chi connectivity index (χ4v) is 4.38. The molecule has 4 rings (SSSR count). The molecule has 6 heteroatoms. The van der Waals surface area contributed by atoms with Gasteiger partial charge in [0.2, 0.25) is 0 Å². The van der Waals surface area contributed by atoms with Gasteiger partial charge in [-0.05, 0) is 43.2 Å². The first-order chi connectivity index (χ1) is 15.5. The third-order valence-electron chi connectivity index (χ3n) is 5.00. The fraction of sp³-hybridized carbons (Fsp3) is 0.192. The summed E-state index contributed by atoms with van der Waals surface area (Å²) in [5.41, 5.74) is 3.11. The first-order valence-electron chi connectivity index (χ1n) is 10.6. The van der Waals surface area contributed by atoms with Crippen LogP contribution in [0, 0.1) is 0 Å². The highest BCUT2D eigenvalue weighted by Gasteiger charge is 2.15. The van der Waals surface area contributed by atoms with Crippen molar-refractivity contribution in [3.63, 3.8) is 0 Å². The van der Waals surface area contributed by atoms with E-state index in [1.54, 1.807) is 22.8 Å². The number of fused-ring (bicyclic) bond motifs is 1. The van der Waals surface area contributed by atoms with Crippen molar-refractivity contribution in [2.24, 2.45) is 0 Å². The summed E-state index contributed by atoms with van der Waals surface area (Å²) >= 11 is 1.52. The summed E-state index contributed by atoms with van der Waals surface area (Å²) in [4.78, 5) is 30.7. The summed E-state index contributed by atoms with van der Waals surface area (Å²) in [5.74, 6) is 0.525. The van der Waals surface area contributed by atoms with E-state index in [2.05, 4.69) is 17.4 Å². The average molecular weight is 444 g/mol. The molecule has 0 saturated carbocycles. The highest BCUT2D eigenvalue weighted by Crippen LogP contribution is 2.23. The minimum Gasteiger partial charge on any atom is -0.350 e. The molecule has 0 saturated heterocycles. The number of rotatable bonds is 7. The molecule has 0 bridgehead atoms. The molecule has 1 N–H and O–H groups in total. The van der Waals surface area contributed by atoms with E-state index in [1.165, 1.54) is 11.8 Å². The molecule has 0 radical (unpaired) electrons. The second-order valence-corrected chi connectivity index (χ2v) is 8.85. The number of carbonyl (C=O) groups is 1. The zero-order valence-electron chi connectivity index (χ0n) is 18.1. The number of aromatic nitrogens is 2. The molecule has 0 aliphatic heterocycles. The lowest BCUT2D eigenvalue weighted by Crippen LogP contribution is -2.30. The summed E-state index contributed by atoms with van der Waals surface area (Å²) in [5, 5.41) is 4.03. The van der Waals surface area contributed by atoms with Crippen molar-refractivity contribution in [3.8, 4) is 0 Å². The highest BCUT2D eigenvalue weighted by atomic mass is 32.2. The van der Waals surface area contributed by atoms with Gasteiger partial charge in [0.15, 0.2) is 5.16 Å². The maximum atomic E-state index is 13.4. The molecule has 32 heavy (non-hydrogen) atoms. The van der Waals surface area contributed by atoms with E-state index in [0.717, 1.165) is 11.1 Å². The Balaban J connectivity index is 1.76. The minimum atomic E-state index is -0.171. The number of carbonyl (C=O) groups excluding carboxylic acids is 1. The van der Waals surface area contributed by atoms with Gasteiger partial charge in [-0.1, -0.05) is 72.4 Å². The van der Waals surface area contributed by atoms with Gasteiger partial charge in [-0.25, -0.2) is 4.98 Å². The summed E-state index contributed by atoms with van der Waals surface area (Å²) < 4.78 is 1.72. The number of hydrogen-bond donors (Lipinski definition) is 1. The van der Waals surface area contributed by atoms with Crippen molar-refractivity contribution >= 4 is 28.6 Å². The predicted octanol–water partition coefficient (Wildman–Crippen LogP) is 4.88. The Morgan fingerprint density at radius 3 is 2.28 bits per heavy atom. The number of amides is 1. The van der Waals surface area contributed by atoms with Crippen LogP contribution in [-0.2, 0) is 12.3 Å². The first kappa shape index (κ1) is 21.8. The molecule has 1 amide bonds. The molecule has 0 atom stereocenters. The molecule has 1 aromatic heterocycles. The van der Waals surface area contributed by atoms with Gasteiger partial charge in [0.05, 0.1) is 17.4 Å². The first-order valence-corrected chi connectivity index (χ1v) is 11.6. The van der Waals surface area contributed by atoms with Gasteiger partial charge in [0.1, 0.15) is 0 Å². The molecule has 0 aliphatic rings. The van der Waals surface area contributed by atoms with E-state index in [-0.39, 0.29) is 17.5 Å². The zero-order chi connectivity index (χ0) is 22.5. The number of nitrogens with zero attached hydrogens (tertiary/aromatic N) is 2. The largest absolute Gasteiger partial charge is 0.350 e. The van der Waals surface area contributed by atoms with Gasteiger partial charge >= 0.3 is 0 Å². The van der Waals surface area contributed by atoms with Crippen LogP contribution in [0.15, 0.2) is 88.8 Å². The molecule has 1 heterocycles. The molecule has 0 unspecified atom stereocenters. The molecule has 0 fully saturated rings. The van der Waals surface area contributed by atoms with E-state index < -0.39 is 0 Å². The molecule has 0 aliphatic carbocycles. The monoisotopic (exact) mass is 443 g/mol. The van der Waals surface area contributed by atoms with Gasteiger partial charge in [0, 0.05) is 17.4 Å². The minimum absolute atomic E-state index is 0.0296. The van der Waals surface area contributed by atoms with Crippen molar-refractivity contribution in [3.05, 3.63) is 106 Å². The smallest absolute Gasteiger partial charge is 0.262 e. The van der Waals surface area contributed by atoms with Gasteiger partial charge in [-0.3, -0.25) is 14.2 Å². The number of hydrogen-bond acceptors (Lipinski definition) is 4. The van der Waals surface area contributed by atoms with Crippen molar-refractivity contribution < 1.29 is 4.79 Å². The van der Waals surface area contributed by atoms with E-state index in [1.807, 2.05) is 62.4 Å². The van der Waals surface area contributed by atoms with Crippen LogP contribution in [0.25, 0.3) is 10.9 Å². The average Bonchev–Trinajstić information content (AvgIpc) is 2.80. The number of thioether (sulfide) groups is 1. The Morgan fingerprint density at radius 2 is 1.62 bits per heavy atom.